The number of allylic oxidation sites excluding steroid dienone is 22. The van der Waals surface area contributed by atoms with Crippen LogP contribution in [0.25, 0.3) is 105 Å². The van der Waals surface area contributed by atoms with Gasteiger partial charge in [0, 0.05) is 49.6 Å². The van der Waals surface area contributed by atoms with E-state index in [0.29, 0.717) is 0 Å². The summed E-state index contributed by atoms with van der Waals surface area (Å²) in [5, 5.41) is 4.90. The van der Waals surface area contributed by atoms with Crippen LogP contribution < -0.4 is 0 Å². The molecule has 9 aromatic rings. The number of para-hydroxylation sites is 1. The van der Waals surface area contributed by atoms with Gasteiger partial charge in [-0.1, -0.05) is 222 Å². The zero-order chi connectivity index (χ0) is 54.5. The minimum atomic E-state index is -0.201. The number of rotatable bonds is 10. The van der Waals surface area contributed by atoms with Crippen LogP contribution in [0.5, 0.6) is 0 Å². The van der Waals surface area contributed by atoms with Crippen molar-refractivity contribution in [2.75, 3.05) is 0 Å². The molecule has 0 N–H and O–H groups in total. The smallest absolute Gasteiger partial charge is 0.0620 e. The third kappa shape index (κ3) is 8.94. The molecule has 0 saturated heterocycles. The van der Waals surface area contributed by atoms with E-state index in [1.165, 1.54) is 111 Å². The maximum Gasteiger partial charge on any atom is 0.0620 e. The normalized spacial score (nSPS) is 18.1. The lowest BCUT2D eigenvalue weighted by atomic mass is 9.71. The minimum Gasteiger partial charge on any atom is -0.312 e. The van der Waals surface area contributed by atoms with E-state index in [4.69, 9.17) is 6.58 Å². The number of hydrogen-bond donors (Lipinski definition) is 0. The molecule has 0 aliphatic heterocycles. The Morgan fingerprint density at radius 2 is 1.30 bits per heavy atom. The second kappa shape index (κ2) is 21.0. The molecule has 0 spiro atoms. The highest BCUT2D eigenvalue weighted by molar-refractivity contribution is 6.20. The Hall–Kier alpha value is -8.98. The molecule has 390 valence electrons. The number of fused-ring (bicyclic) bond motifs is 7. The Bertz CT molecular complexity index is 4340. The van der Waals surface area contributed by atoms with E-state index in [9.17, 15) is 0 Å². The highest BCUT2D eigenvalue weighted by atomic mass is 15.0. The van der Waals surface area contributed by atoms with Crippen molar-refractivity contribution < 1.29 is 0 Å². The van der Waals surface area contributed by atoms with Crippen LogP contribution in [-0.4, -0.2) is 9.13 Å². The van der Waals surface area contributed by atoms with E-state index in [1.807, 2.05) is 0 Å². The van der Waals surface area contributed by atoms with Crippen LogP contribution in [0.1, 0.15) is 88.5 Å². The molecule has 2 heteroatoms. The number of aromatic nitrogens is 2. The molecule has 13 rings (SSSR count). The standard InChI is InChI=1S/C78H68N2/c1-7-8-13-25-53(3)69-46-61(56-30-16-10-17-31-56)48-71-67-44-40-60(50-74(67)79(76(69)71)63-41-38-58(39-42-63)55-28-14-9-15-29-55)66-36-24-37-68-72-49-62(57-32-18-11-19-33-57)47-70(59-34-20-12-21-35-59)77(72)80(75(66)68)64-43-45-65-52(2)26-22-23-27-54(4)78(5,6)73(65)51-64/h7-8,10,12-14,16-18,20-38,40-41,43-51,54H,2-3,9,11,15,19,39,42H2,1,4-6H3/b8-7-,25-13-,26-22-,27-23-. The molecule has 4 aliphatic rings. The third-order valence-electron chi connectivity index (χ3n) is 17.6. The summed E-state index contributed by atoms with van der Waals surface area (Å²) in [6, 6.07) is 53.0. The summed E-state index contributed by atoms with van der Waals surface area (Å²) in [4.78, 5) is 0. The predicted molar refractivity (Wildman–Crippen MR) is 347 cm³/mol. The molecule has 4 aliphatic carbocycles. The highest BCUT2D eigenvalue weighted by Crippen LogP contribution is 2.48. The van der Waals surface area contributed by atoms with Crippen molar-refractivity contribution in [2.24, 2.45) is 5.92 Å². The van der Waals surface area contributed by atoms with Gasteiger partial charge in [0.25, 0.3) is 0 Å². The van der Waals surface area contributed by atoms with Crippen LogP contribution in [0.15, 0.2) is 261 Å². The van der Waals surface area contributed by atoms with Crippen LogP contribution in [0.2, 0.25) is 0 Å². The third-order valence-corrected chi connectivity index (χ3v) is 17.6. The summed E-state index contributed by atoms with van der Waals surface area (Å²) >= 11 is 0. The van der Waals surface area contributed by atoms with Gasteiger partial charge in [-0.05, 0) is 172 Å². The van der Waals surface area contributed by atoms with Gasteiger partial charge < -0.3 is 9.13 Å². The first kappa shape index (κ1) is 50.5. The van der Waals surface area contributed by atoms with Gasteiger partial charge in [0.05, 0.1) is 22.1 Å². The van der Waals surface area contributed by atoms with E-state index >= 15 is 0 Å². The number of benzene rings is 7. The van der Waals surface area contributed by atoms with Gasteiger partial charge >= 0.3 is 0 Å². The molecule has 0 fully saturated rings. The quantitative estimate of drug-likeness (QED) is 0.121. The Morgan fingerprint density at radius 1 is 0.562 bits per heavy atom. The van der Waals surface area contributed by atoms with Gasteiger partial charge in [0.1, 0.15) is 0 Å². The van der Waals surface area contributed by atoms with Gasteiger partial charge in [-0.3, -0.25) is 0 Å². The first-order chi connectivity index (χ1) is 39.2. The van der Waals surface area contributed by atoms with Gasteiger partial charge in [0.15, 0.2) is 0 Å². The van der Waals surface area contributed by atoms with Crippen molar-refractivity contribution in [1.29, 1.82) is 0 Å². The van der Waals surface area contributed by atoms with Crippen LogP contribution in [0.3, 0.4) is 0 Å². The molecule has 0 bridgehead atoms. The van der Waals surface area contributed by atoms with Crippen LogP contribution in [-0.2, 0) is 5.41 Å². The van der Waals surface area contributed by atoms with Crippen LogP contribution in [0.4, 0.5) is 0 Å². The molecule has 0 amide bonds. The second-order valence-electron chi connectivity index (χ2n) is 22.7. The molecular formula is C78H68N2. The Balaban J connectivity index is 1.13. The molecular weight excluding hydrogens is 965 g/mol. The van der Waals surface area contributed by atoms with Crippen LogP contribution in [0, 0.1) is 5.92 Å². The number of hydrogen-bond acceptors (Lipinski definition) is 0. The van der Waals surface area contributed by atoms with E-state index in [0.717, 1.165) is 66.5 Å². The van der Waals surface area contributed by atoms with E-state index in [2.05, 4.69) is 280 Å². The fraction of sp³-hybridized carbons (Fsp3) is 0.154. The van der Waals surface area contributed by atoms with Crippen molar-refractivity contribution in [3.63, 3.8) is 0 Å². The molecule has 2 aromatic heterocycles. The molecule has 0 radical (unpaired) electrons. The van der Waals surface area contributed by atoms with Crippen LogP contribution >= 0.6 is 0 Å². The lowest BCUT2D eigenvalue weighted by molar-refractivity contribution is 0.408. The fourth-order valence-corrected chi connectivity index (χ4v) is 12.9. The summed E-state index contributed by atoms with van der Waals surface area (Å²) in [6.45, 7) is 18.6. The first-order valence-electron chi connectivity index (χ1n) is 28.8. The van der Waals surface area contributed by atoms with Crippen molar-refractivity contribution in [2.45, 2.75) is 71.6 Å². The first-order valence-corrected chi connectivity index (χ1v) is 28.8. The zero-order valence-electron chi connectivity index (χ0n) is 46.6. The molecule has 2 nitrogen and oxygen atoms in total. The largest absolute Gasteiger partial charge is 0.312 e. The summed E-state index contributed by atoms with van der Waals surface area (Å²) in [5.41, 5.74) is 25.0. The second-order valence-corrected chi connectivity index (χ2v) is 22.7. The molecule has 2 heterocycles. The molecule has 1 unspecified atom stereocenters. The summed E-state index contributed by atoms with van der Waals surface area (Å²) < 4.78 is 5.19. The average molecular weight is 1030 g/mol. The molecule has 1 atom stereocenters. The SMILES string of the molecule is C=C1/C=C\C=C/C(C)C(C)(C)c2cc(-n3c4c(-c5ccc6c7cc(-c8ccccc8)cc(C(=C)/C=C\C=C/C)c7n(C7=CC=C(C8=CCCC=C8)CC7)c6c5)cccc4c4cc(C5=CCCC=C5)cc(-c5ccccc5)c43)ccc21. The summed E-state index contributed by atoms with van der Waals surface area (Å²) in [5.74, 6) is 0.270. The molecule has 0 saturated carbocycles. The Morgan fingerprint density at radius 3 is 2.04 bits per heavy atom. The number of nitrogens with zero attached hydrogens (tertiary/aromatic N) is 2. The van der Waals surface area contributed by atoms with Gasteiger partial charge in [-0.2, -0.15) is 0 Å². The van der Waals surface area contributed by atoms with Crippen molar-refractivity contribution >= 4 is 66.0 Å². The highest BCUT2D eigenvalue weighted by Gasteiger charge is 2.31. The van der Waals surface area contributed by atoms with E-state index in [1.54, 1.807) is 0 Å². The van der Waals surface area contributed by atoms with Crippen molar-refractivity contribution in [1.82, 2.24) is 9.13 Å². The van der Waals surface area contributed by atoms with Gasteiger partial charge in [-0.25, -0.2) is 0 Å². The predicted octanol–water partition coefficient (Wildman–Crippen LogP) is 21.7. The minimum absolute atomic E-state index is 0.201. The van der Waals surface area contributed by atoms with Gasteiger partial charge in [-0.15, -0.1) is 0 Å². The average Bonchev–Trinajstić information content (AvgIpc) is 4.10. The Kier molecular flexibility index (Phi) is 13.3. The van der Waals surface area contributed by atoms with E-state index < -0.39 is 0 Å². The zero-order valence-corrected chi connectivity index (χ0v) is 46.6. The topological polar surface area (TPSA) is 9.86 Å². The van der Waals surface area contributed by atoms with Gasteiger partial charge in [0.2, 0.25) is 0 Å². The van der Waals surface area contributed by atoms with Crippen molar-refractivity contribution in [3.8, 4) is 39.1 Å². The lowest BCUT2D eigenvalue weighted by Crippen LogP contribution is -2.26. The molecule has 80 heavy (non-hydrogen) atoms. The monoisotopic (exact) mass is 1030 g/mol. The maximum atomic E-state index is 4.79. The lowest BCUT2D eigenvalue weighted by Gasteiger charge is -2.33. The summed E-state index contributed by atoms with van der Waals surface area (Å²) in [6.07, 6.45) is 42.3. The Labute approximate surface area is 472 Å². The summed E-state index contributed by atoms with van der Waals surface area (Å²) in [7, 11) is 0. The van der Waals surface area contributed by atoms with Crippen molar-refractivity contribution in [3.05, 3.63) is 283 Å². The molecule has 7 aromatic carbocycles. The van der Waals surface area contributed by atoms with E-state index in [-0.39, 0.29) is 11.3 Å². The maximum absolute atomic E-state index is 4.79. The fourth-order valence-electron chi connectivity index (χ4n) is 12.9.